The lowest BCUT2D eigenvalue weighted by Gasteiger charge is -2.19. The summed E-state index contributed by atoms with van der Waals surface area (Å²) in [4.78, 5) is 24.4. The summed E-state index contributed by atoms with van der Waals surface area (Å²) in [6.45, 7) is 6.55. The minimum atomic E-state index is -0.589. The van der Waals surface area contributed by atoms with Gasteiger partial charge in [0.05, 0.1) is 24.5 Å². The quantitative estimate of drug-likeness (QED) is 0.595. The summed E-state index contributed by atoms with van der Waals surface area (Å²) in [5.74, 6) is 0. The van der Waals surface area contributed by atoms with Crippen LogP contribution in [0.25, 0.3) is 10.9 Å². The van der Waals surface area contributed by atoms with E-state index < -0.39 is 6.09 Å². The Morgan fingerprint density at radius 2 is 2.03 bits per heavy atom. The predicted molar refractivity (Wildman–Crippen MR) is 116 cm³/mol. The smallest absolute Gasteiger partial charge is 0.434 e. The number of hydrogen-bond acceptors (Lipinski definition) is 5. The number of benzene rings is 2. The van der Waals surface area contributed by atoms with Gasteiger partial charge >= 0.3 is 12.1 Å². The number of urea groups is 1. The van der Waals surface area contributed by atoms with Gasteiger partial charge in [0.25, 0.3) is 0 Å². The molecule has 1 unspecified atom stereocenters. The van der Waals surface area contributed by atoms with Gasteiger partial charge in [-0.1, -0.05) is 39.0 Å². The van der Waals surface area contributed by atoms with Crippen LogP contribution in [0.5, 0.6) is 0 Å². The van der Waals surface area contributed by atoms with Crippen molar-refractivity contribution in [1.82, 2.24) is 15.1 Å². The fourth-order valence-electron chi connectivity index (χ4n) is 3.62. The van der Waals surface area contributed by atoms with E-state index in [0.717, 1.165) is 10.4 Å². The molecule has 30 heavy (non-hydrogen) atoms. The van der Waals surface area contributed by atoms with Crippen LogP contribution in [0.4, 0.5) is 21.0 Å². The van der Waals surface area contributed by atoms with Crippen LogP contribution >= 0.6 is 0 Å². The van der Waals surface area contributed by atoms with Crippen molar-refractivity contribution < 1.29 is 14.3 Å². The van der Waals surface area contributed by atoms with Crippen LogP contribution in [0.15, 0.2) is 42.6 Å². The summed E-state index contributed by atoms with van der Waals surface area (Å²) in [7, 11) is 1.29. The first-order chi connectivity index (χ1) is 14.3. The van der Waals surface area contributed by atoms with Gasteiger partial charge in [0.1, 0.15) is 6.17 Å². The zero-order valence-corrected chi connectivity index (χ0v) is 17.4. The summed E-state index contributed by atoms with van der Waals surface area (Å²) in [6, 6.07) is 11.3. The van der Waals surface area contributed by atoms with Gasteiger partial charge in [0, 0.05) is 17.5 Å². The molecule has 1 aromatic heterocycles. The maximum absolute atomic E-state index is 12.6. The Labute approximate surface area is 174 Å². The number of anilines is 2. The number of nitrogens with one attached hydrogen (secondary N) is 3. The van der Waals surface area contributed by atoms with E-state index in [4.69, 9.17) is 4.74 Å². The summed E-state index contributed by atoms with van der Waals surface area (Å²) < 4.78 is 5.88. The van der Waals surface area contributed by atoms with Gasteiger partial charge in [-0.2, -0.15) is 9.78 Å². The summed E-state index contributed by atoms with van der Waals surface area (Å²) >= 11 is 0. The molecule has 1 atom stereocenters. The Kier molecular flexibility index (Phi) is 4.85. The first-order valence-corrected chi connectivity index (χ1v) is 9.79. The molecule has 3 aromatic rings. The number of carbonyl (C=O) groups excluding carboxylic acids is 2. The van der Waals surface area contributed by atoms with Gasteiger partial charge in [-0.05, 0) is 34.7 Å². The van der Waals surface area contributed by atoms with Crippen molar-refractivity contribution in [2.45, 2.75) is 38.8 Å². The summed E-state index contributed by atoms with van der Waals surface area (Å²) in [6.07, 6.45) is 1.44. The Balaban J connectivity index is 1.46. The number of amides is 2. The third kappa shape index (κ3) is 3.68. The van der Waals surface area contributed by atoms with Crippen molar-refractivity contribution in [2.75, 3.05) is 17.7 Å². The molecule has 2 aromatic carbocycles. The number of carbonyl (C=O) groups is 2. The minimum absolute atomic E-state index is 0.0746. The van der Waals surface area contributed by atoms with Gasteiger partial charge in [-0.3, -0.25) is 0 Å². The largest absolute Gasteiger partial charge is 0.451 e. The monoisotopic (exact) mass is 407 g/mol. The van der Waals surface area contributed by atoms with Crippen molar-refractivity contribution in [1.29, 1.82) is 0 Å². The minimum Gasteiger partial charge on any atom is -0.451 e. The Morgan fingerprint density at radius 3 is 2.77 bits per heavy atom. The second kappa shape index (κ2) is 7.37. The van der Waals surface area contributed by atoms with E-state index in [1.54, 1.807) is 18.2 Å². The van der Waals surface area contributed by atoms with Gasteiger partial charge in [0.15, 0.2) is 0 Å². The maximum Gasteiger partial charge on any atom is 0.434 e. The standard InChI is InChI=1S/C22H25N5O3/c1-22(2,3)14-8-9-16-13(10-14)11-19(24-16)26-20(28)25-17-6-5-7-18-15(17)12-23-27(18)21(29)30-4/h5-10,12,19,24H,11H2,1-4H3,(H2,25,26,28). The van der Waals surface area contributed by atoms with E-state index in [1.165, 1.54) is 24.4 Å². The molecule has 0 bridgehead atoms. The van der Waals surface area contributed by atoms with Crippen LogP contribution in [0.2, 0.25) is 0 Å². The molecule has 0 aliphatic carbocycles. The van der Waals surface area contributed by atoms with Crippen molar-refractivity contribution in [3.63, 3.8) is 0 Å². The Bertz CT molecular complexity index is 1130. The van der Waals surface area contributed by atoms with Crippen molar-refractivity contribution in [2.24, 2.45) is 0 Å². The van der Waals surface area contributed by atoms with Crippen LogP contribution in [0.1, 0.15) is 31.9 Å². The Hall–Kier alpha value is -3.55. The van der Waals surface area contributed by atoms with Gasteiger partial charge in [-0.25, -0.2) is 9.59 Å². The van der Waals surface area contributed by atoms with Crippen LogP contribution in [0.3, 0.4) is 0 Å². The lowest BCUT2D eigenvalue weighted by molar-refractivity contribution is 0.170. The molecule has 0 saturated carbocycles. The highest BCUT2D eigenvalue weighted by atomic mass is 16.5. The molecule has 156 valence electrons. The molecular weight excluding hydrogens is 382 g/mol. The molecule has 0 radical (unpaired) electrons. The second-order valence-corrected chi connectivity index (χ2v) is 8.39. The average Bonchev–Trinajstić information content (AvgIpc) is 3.30. The normalized spacial score (nSPS) is 15.4. The van der Waals surface area contributed by atoms with Crippen molar-refractivity contribution >= 4 is 34.4 Å². The fourth-order valence-corrected chi connectivity index (χ4v) is 3.62. The maximum atomic E-state index is 12.6. The molecule has 8 nitrogen and oxygen atoms in total. The van der Waals surface area contributed by atoms with Crippen LogP contribution in [-0.2, 0) is 16.6 Å². The van der Waals surface area contributed by atoms with Gasteiger partial charge in [-0.15, -0.1) is 0 Å². The molecule has 1 aliphatic heterocycles. The molecule has 0 fully saturated rings. The van der Waals surface area contributed by atoms with E-state index in [-0.39, 0.29) is 17.6 Å². The summed E-state index contributed by atoms with van der Waals surface area (Å²) in [5, 5.41) is 13.9. The van der Waals surface area contributed by atoms with Gasteiger partial charge < -0.3 is 20.7 Å². The average molecular weight is 407 g/mol. The molecule has 1 aliphatic rings. The molecule has 0 saturated heterocycles. The number of ether oxygens (including phenoxy) is 1. The van der Waals surface area contributed by atoms with Crippen molar-refractivity contribution in [3.8, 4) is 0 Å². The first-order valence-electron chi connectivity index (χ1n) is 9.79. The molecule has 8 heteroatoms. The van der Waals surface area contributed by atoms with E-state index >= 15 is 0 Å². The Morgan fingerprint density at radius 1 is 1.23 bits per heavy atom. The predicted octanol–water partition coefficient (Wildman–Crippen LogP) is 4.06. The van der Waals surface area contributed by atoms with Crippen LogP contribution in [0, 0.1) is 0 Å². The lowest BCUT2D eigenvalue weighted by atomic mass is 9.86. The van der Waals surface area contributed by atoms with E-state index in [1.807, 2.05) is 0 Å². The molecule has 2 heterocycles. The summed E-state index contributed by atoms with van der Waals surface area (Å²) in [5.41, 5.74) is 4.68. The number of fused-ring (bicyclic) bond motifs is 2. The third-order valence-electron chi connectivity index (χ3n) is 5.24. The highest BCUT2D eigenvalue weighted by Gasteiger charge is 2.24. The highest BCUT2D eigenvalue weighted by Crippen LogP contribution is 2.31. The number of nitrogens with zero attached hydrogens (tertiary/aromatic N) is 2. The zero-order chi connectivity index (χ0) is 21.5. The zero-order valence-electron chi connectivity index (χ0n) is 17.4. The van der Waals surface area contributed by atoms with E-state index in [0.29, 0.717) is 23.0 Å². The molecular formula is C22H25N5O3. The lowest BCUT2D eigenvalue weighted by Crippen LogP contribution is -2.41. The van der Waals surface area contributed by atoms with Gasteiger partial charge in [0.2, 0.25) is 0 Å². The van der Waals surface area contributed by atoms with Crippen LogP contribution < -0.4 is 16.0 Å². The van der Waals surface area contributed by atoms with E-state index in [2.05, 4.69) is 60.0 Å². The van der Waals surface area contributed by atoms with Crippen LogP contribution in [-0.4, -0.2) is 35.2 Å². The number of methoxy groups -OCH3 is 1. The number of aromatic nitrogens is 2. The topological polar surface area (TPSA) is 97.3 Å². The second-order valence-electron chi connectivity index (χ2n) is 8.39. The van der Waals surface area contributed by atoms with E-state index in [9.17, 15) is 9.59 Å². The molecule has 4 rings (SSSR count). The van der Waals surface area contributed by atoms with Crippen molar-refractivity contribution in [3.05, 3.63) is 53.7 Å². The molecule has 3 N–H and O–H groups in total. The number of rotatable bonds is 2. The molecule has 2 amide bonds. The first kappa shape index (κ1) is 19.8. The SMILES string of the molecule is COC(=O)n1ncc2c(NC(=O)NC3Cc4cc(C(C)(C)C)ccc4N3)cccc21. The third-order valence-corrected chi connectivity index (χ3v) is 5.24. The number of hydrogen-bond donors (Lipinski definition) is 3. The highest BCUT2D eigenvalue weighted by molar-refractivity contribution is 6.02. The molecule has 0 spiro atoms. The fraction of sp³-hybridized carbons (Fsp3) is 0.318.